The summed E-state index contributed by atoms with van der Waals surface area (Å²) >= 11 is 0. The van der Waals surface area contributed by atoms with Crippen molar-refractivity contribution in [3.8, 4) is 0 Å². The summed E-state index contributed by atoms with van der Waals surface area (Å²) in [6, 6.07) is 8.71. The molecule has 5 heteroatoms. The van der Waals surface area contributed by atoms with E-state index >= 15 is 0 Å². The molecule has 0 spiro atoms. The Balaban J connectivity index is 1.89. The van der Waals surface area contributed by atoms with E-state index in [9.17, 15) is 9.18 Å². The monoisotopic (exact) mass is 354 g/mol. The van der Waals surface area contributed by atoms with Crippen LogP contribution in [0.3, 0.4) is 0 Å². The lowest BCUT2D eigenvalue weighted by Crippen LogP contribution is -2.19. The second-order valence-corrected chi connectivity index (χ2v) is 6.55. The van der Waals surface area contributed by atoms with Crippen molar-refractivity contribution in [1.29, 1.82) is 0 Å². The summed E-state index contributed by atoms with van der Waals surface area (Å²) in [6.45, 7) is 5.59. The third-order valence-electron chi connectivity index (χ3n) is 4.84. The zero-order valence-electron chi connectivity index (χ0n) is 15.4. The van der Waals surface area contributed by atoms with E-state index < -0.39 is 5.97 Å². The Morgan fingerprint density at radius 3 is 2.65 bits per heavy atom. The third kappa shape index (κ3) is 3.62. The van der Waals surface area contributed by atoms with Crippen LogP contribution in [0.4, 0.5) is 15.8 Å². The molecule has 1 saturated heterocycles. The molecule has 4 nitrogen and oxygen atoms in total. The normalized spacial score (nSPS) is 14.2. The smallest absolute Gasteiger partial charge is 0.338 e. The standard InChI is InChI=1S/C21H23FN2O2/c1-14-11-20(24-9-4-5-10-24)18(22)12-16(14)13-23-19-8-6-7-17(15(19)2)21(25)26-3/h6-8,11-13H,4-5,9-10H2,1-3H3. The van der Waals surface area contributed by atoms with Crippen LogP contribution in [0.5, 0.6) is 0 Å². The molecule has 2 aromatic carbocycles. The number of benzene rings is 2. The van der Waals surface area contributed by atoms with Crippen molar-refractivity contribution in [3.63, 3.8) is 0 Å². The molecule has 0 aromatic heterocycles. The number of methoxy groups -OCH3 is 1. The van der Waals surface area contributed by atoms with Crippen LogP contribution < -0.4 is 4.90 Å². The first kappa shape index (κ1) is 18.1. The number of anilines is 1. The Hall–Kier alpha value is -2.69. The van der Waals surface area contributed by atoms with Gasteiger partial charge in [-0.3, -0.25) is 4.99 Å². The van der Waals surface area contributed by atoms with Crippen molar-refractivity contribution in [1.82, 2.24) is 0 Å². The van der Waals surface area contributed by atoms with Crippen LogP contribution in [0.2, 0.25) is 0 Å². The van der Waals surface area contributed by atoms with Crippen LogP contribution in [0.25, 0.3) is 0 Å². The molecule has 0 amide bonds. The molecule has 0 bridgehead atoms. The van der Waals surface area contributed by atoms with E-state index in [1.165, 1.54) is 13.2 Å². The van der Waals surface area contributed by atoms with E-state index in [1.807, 2.05) is 26.0 Å². The Labute approximate surface area is 153 Å². The number of carbonyl (C=O) groups excluding carboxylic acids is 1. The number of rotatable bonds is 4. The third-order valence-corrected chi connectivity index (χ3v) is 4.84. The first-order valence-corrected chi connectivity index (χ1v) is 8.78. The summed E-state index contributed by atoms with van der Waals surface area (Å²) in [7, 11) is 1.35. The lowest BCUT2D eigenvalue weighted by atomic mass is 10.1. The first-order valence-electron chi connectivity index (χ1n) is 8.78. The van der Waals surface area contributed by atoms with Gasteiger partial charge in [-0.05, 0) is 67.6 Å². The van der Waals surface area contributed by atoms with Gasteiger partial charge in [-0.2, -0.15) is 0 Å². The molecule has 0 aliphatic carbocycles. The maximum absolute atomic E-state index is 14.5. The van der Waals surface area contributed by atoms with Crippen LogP contribution in [0.1, 0.15) is 39.9 Å². The van der Waals surface area contributed by atoms with Gasteiger partial charge < -0.3 is 9.64 Å². The van der Waals surface area contributed by atoms with Gasteiger partial charge in [0.15, 0.2) is 0 Å². The molecule has 0 unspecified atom stereocenters. The quantitative estimate of drug-likeness (QED) is 0.596. The number of hydrogen-bond donors (Lipinski definition) is 0. The molecule has 1 fully saturated rings. The topological polar surface area (TPSA) is 41.9 Å². The molecule has 0 radical (unpaired) electrons. The summed E-state index contributed by atoms with van der Waals surface area (Å²) in [5.74, 6) is -0.615. The van der Waals surface area contributed by atoms with Gasteiger partial charge in [-0.25, -0.2) is 9.18 Å². The van der Waals surface area contributed by atoms with Gasteiger partial charge in [0.25, 0.3) is 0 Å². The second kappa shape index (κ2) is 7.68. The average molecular weight is 354 g/mol. The maximum Gasteiger partial charge on any atom is 0.338 e. The van der Waals surface area contributed by atoms with Gasteiger partial charge in [-0.1, -0.05) is 6.07 Å². The van der Waals surface area contributed by atoms with E-state index in [-0.39, 0.29) is 5.82 Å². The molecule has 1 aliphatic rings. The molecular weight excluding hydrogens is 331 g/mol. The highest BCUT2D eigenvalue weighted by atomic mass is 19.1. The number of carbonyl (C=O) groups is 1. The Bertz CT molecular complexity index is 855. The number of nitrogens with zero attached hydrogens (tertiary/aromatic N) is 2. The fraction of sp³-hybridized carbons (Fsp3) is 0.333. The molecule has 26 heavy (non-hydrogen) atoms. The number of halogens is 1. The summed E-state index contributed by atoms with van der Waals surface area (Å²) in [4.78, 5) is 18.4. The average Bonchev–Trinajstić information content (AvgIpc) is 3.17. The summed E-state index contributed by atoms with van der Waals surface area (Å²) < 4.78 is 19.3. The van der Waals surface area contributed by atoms with Gasteiger partial charge in [0.05, 0.1) is 24.0 Å². The molecule has 0 N–H and O–H groups in total. The summed E-state index contributed by atoms with van der Waals surface area (Å²) in [5.41, 5.74) is 4.25. The molecule has 0 saturated carbocycles. The maximum atomic E-state index is 14.5. The highest BCUT2D eigenvalue weighted by molar-refractivity contribution is 5.93. The molecular formula is C21H23FN2O2. The number of aryl methyl sites for hydroxylation is 1. The molecule has 0 atom stereocenters. The fourth-order valence-electron chi connectivity index (χ4n) is 3.25. The van der Waals surface area contributed by atoms with Gasteiger partial charge >= 0.3 is 5.97 Å². The molecule has 1 aliphatic heterocycles. The lowest BCUT2D eigenvalue weighted by molar-refractivity contribution is 0.0600. The fourth-order valence-corrected chi connectivity index (χ4v) is 3.25. The van der Waals surface area contributed by atoms with Crippen molar-refractivity contribution in [3.05, 3.63) is 58.4 Å². The van der Waals surface area contributed by atoms with E-state index in [1.54, 1.807) is 18.3 Å². The number of esters is 1. The minimum absolute atomic E-state index is 0.223. The van der Waals surface area contributed by atoms with Crippen molar-refractivity contribution in [2.75, 3.05) is 25.1 Å². The van der Waals surface area contributed by atoms with Gasteiger partial charge in [0.1, 0.15) is 5.82 Å². The van der Waals surface area contributed by atoms with Crippen molar-refractivity contribution in [2.45, 2.75) is 26.7 Å². The number of ether oxygens (including phenoxy) is 1. The Morgan fingerprint density at radius 1 is 1.23 bits per heavy atom. The van der Waals surface area contributed by atoms with Crippen LogP contribution >= 0.6 is 0 Å². The highest BCUT2D eigenvalue weighted by Crippen LogP contribution is 2.27. The second-order valence-electron chi connectivity index (χ2n) is 6.55. The van der Waals surface area contributed by atoms with E-state index in [2.05, 4.69) is 9.89 Å². The molecule has 3 rings (SSSR count). The highest BCUT2D eigenvalue weighted by Gasteiger charge is 2.17. The number of aliphatic imine (C=N–C) groups is 1. The van der Waals surface area contributed by atoms with Crippen molar-refractivity contribution in [2.24, 2.45) is 4.99 Å². The predicted molar refractivity (Wildman–Crippen MR) is 102 cm³/mol. The summed E-state index contributed by atoms with van der Waals surface area (Å²) in [5, 5.41) is 0. The molecule has 136 valence electrons. The first-order chi connectivity index (χ1) is 12.5. The largest absolute Gasteiger partial charge is 0.465 e. The van der Waals surface area contributed by atoms with E-state index in [4.69, 9.17) is 4.74 Å². The van der Waals surface area contributed by atoms with Crippen LogP contribution in [0, 0.1) is 19.7 Å². The Morgan fingerprint density at radius 2 is 1.96 bits per heavy atom. The zero-order chi connectivity index (χ0) is 18.7. The lowest BCUT2D eigenvalue weighted by Gasteiger charge is -2.19. The van der Waals surface area contributed by atoms with Crippen LogP contribution in [-0.4, -0.2) is 32.4 Å². The van der Waals surface area contributed by atoms with Crippen LogP contribution in [-0.2, 0) is 4.74 Å². The van der Waals surface area contributed by atoms with Crippen molar-refractivity contribution < 1.29 is 13.9 Å². The van der Waals surface area contributed by atoms with Gasteiger partial charge in [0.2, 0.25) is 0 Å². The summed E-state index contributed by atoms with van der Waals surface area (Å²) in [6.07, 6.45) is 3.87. The molecule has 2 aromatic rings. The molecule has 1 heterocycles. The van der Waals surface area contributed by atoms with Crippen molar-refractivity contribution >= 4 is 23.6 Å². The number of hydrogen-bond acceptors (Lipinski definition) is 4. The Kier molecular flexibility index (Phi) is 5.35. The minimum Gasteiger partial charge on any atom is -0.465 e. The predicted octanol–water partition coefficient (Wildman–Crippen LogP) is 4.58. The van der Waals surface area contributed by atoms with Crippen LogP contribution in [0.15, 0.2) is 35.3 Å². The minimum atomic E-state index is -0.392. The van der Waals surface area contributed by atoms with Gasteiger partial charge in [0, 0.05) is 19.3 Å². The zero-order valence-corrected chi connectivity index (χ0v) is 15.4. The SMILES string of the molecule is COC(=O)c1cccc(N=Cc2cc(F)c(N3CCCC3)cc2C)c1C. The van der Waals surface area contributed by atoms with E-state index in [0.717, 1.165) is 42.6 Å². The van der Waals surface area contributed by atoms with Gasteiger partial charge in [-0.15, -0.1) is 0 Å². The van der Waals surface area contributed by atoms with E-state index in [0.29, 0.717) is 16.9 Å².